The molecule has 1 atom stereocenters. The maximum Gasteiger partial charge on any atom is 0.261 e. The molecule has 6 heteroatoms. The molecule has 0 saturated heterocycles. The molecule has 0 saturated carbocycles. The Kier molecular flexibility index (Phi) is 9.19. The average Bonchev–Trinajstić information content (AvgIpc) is 2.90. The zero-order valence-electron chi connectivity index (χ0n) is 22.0. The third kappa shape index (κ3) is 7.01. The van der Waals surface area contributed by atoms with Crippen molar-refractivity contribution in [3.05, 3.63) is 112 Å². The molecule has 38 heavy (non-hydrogen) atoms. The Labute approximate surface area is 232 Å². The molecule has 0 radical (unpaired) electrons. The fourth-order valence-corrected chi connectivity index (χ4v) is 5.10. The number of ether oxygens (including phenoxy) is 1. The van der Waals surface area contributed by atoms with Crippen LogP contribution in [-0.2, 0) is 22.6 Å². The molecule has 0 bridgehead atoms. The number of fused-ring (bicyclic) bond motifs is 1. The highest BCUT2D eigenvalue weighted by Gasteiger charge is 2.31. The van der Waals surface area contributed by atoms with Crippen molar-refractivity contribution >= 4 is 38.5 Å². The molecule has 1 unspecified atom stereocenters. The van der Waals surface area contributed by atoms with Crippen molar-refractivity contribution in [2.45, 2.75) is 45.8 Å². The van der Waals surface area contributed by atoms with E-state index in [1.807, 2.05) is 112 Å². The van der Waals surface area contributed by atoms with Gasteiger partial charge in [-0.2, -0.15) is 0 Å². The lowest BCUT2D eigenvalue weighted by Crippen LogP contribution is -2.52. The number of nitrogens with one attached hydrogen (secondary N) is 1. The van der Waals surface area contributed by atoms with Crippen molar-refractivity contribution < 1.29 is 14.3 Å². The summed E-state index contributed by atoms with van der Waals surface area (Å²) in [5.74, 6) is 0.141. The maximum absolute atomic E-state index is 13.8. The van der Waals surface area contributed by atoms with Gasteiger partial charge in [0.05, 0.1) is 4.47 Å². The normalized spacial score (nSPS) is 11.8. The molecular weight excluding hydrogens is 540 g/mol. The monoisotopic (exact) mass is 572 g/mol. The summed E-state index contributed by atoms with van der Waals surface area (Å²) in [6, 6.07) is 28.9. The molecule has 0 fully saturated rings. The highest BCUT2D eigenvalue weighted by atomic mass is 79.9. The third-order valence-corrected chi connectivity index (χ3v) is 7.13. The van der Waals surface area contributed by atoms with E-state index in [4.69, 9.17) is 4.74 Å². The van der Waals surface area contributed by atoms with Crippen molar-refractivity contribution in [1.29, 1.82) is 0 Å². The van der Waals surface area contributed by atoms with Gasteiger partial charge in [-0.15, -0.1) is 0 Å². The fourth-order valence-electron chi connectivity index (χ4n) is 4.49. The first-order chi connectivity index (χ1) is 18.3. The van der Waals surface area contributed by atoms with Gasteiger partial charge < -0.3 is 15.0 Å². The number of carbonyl (C=O) groups is 2. The van der Waals surface area contributed by atoms with Crippen molar-refractivity contribution in [2.24, 2.45) is 0 Å². The largest absolute Gasteiger partial charge is 0.483 e. The summed E-state index contributed by atoms with van der Waals surface area (Å²) >= 11 is 3.64. The minimum atomic E-state index is -0.698. The van der Waals surface area contributed by atoms with Crippen molar-refractivity contribution in [1.82, 2.24) is 10.2 Å². The lowest BCUT2D eigenvalue weighted by molar-refractivity contribution is -0.143. The Balaban J connectivity index is 1.64. The SMILES string of the molecule is Cc1cccc(CN(C(=O)COc2ccc3ccccc3c2Br)C(Cc2ccccc2)C(=O)NC(C)C)c1. The van der Waals surface area contributed by atoms with E-state index in [1.54, 1.807) is 4.90 Å². The van der Waals surface area contributed by atoms with Crippen LogP contribution in [0.3, 0.4) is 0 Å². The number of nitrogens with zero attached hydrogens (tertiary/aromatic N) is 1. The second kappa shape index (κ2) is 12.7. The van der Waals surface area contributed by atoms with E-state index >= 15 is 0 Å². The van der Waals surface area contributed by atoms with Crippen LogP contribution < -0.4 is 10.1 Å². The van der Waals surface area contributed by atoms with Crippen LogP contribution in [0.2, 0.25) is 0 Å². The average molecular weight is 574 g/mol. The van der Waals surface area contributed by atoms with E-state index in [1.165, 1.54) is 0 Å². The van der Waals surface area contributed by atoms with Gasteiger partial charge in [0.2, 0.25) is 5.91 Å². The first-order valence-corrected chi connectivity index (χ1v) is 13.6. The van der Waals surface area contributed by atoms with Gasteiger partial charge in [-0.3, -0.25) is 9.59 Å². The molecule has 0 aromatic heterocycles. The van der Waals surface area contributed by atoms with E-state index in [0.29, 0.717) is 18.7 Å². The number of benzene rings is 4. The van der Waals surface area contributed by atoms with Gasteiger partial charge in [0.1, 0.15) is 11.8 Å². The van der Waals surface area contributed by atoms with Crippen LogP contribution in [0, 0.1) is 6.92 Å². The van der Waals surface area contributed by atoms with Gasteiger partial charge >= 0.3 is 0 Å². The van der Waals surface area contributed by atoms with Crippen LogP contribution in [0.4, 0.5) is 0 Å². The summed E-state index contributed by atoms with van der Waals surface area (Å²) in [7, 11) is 0. The molecule has 0 aliphatic carbocycles. The number of carbonyl (C=O) groups excluding carboxylic acids is 2. The van der Waals surface area contributed by atoms with Crippen molar-refractivity contribution in [3.63, 3.8) is 0 Å². The first-order valence-electron chi connectivity index (χ1n) is 12.8. The van der Waals surface area contributed by atoms with Crippen LogP contribution >= 0.6 is 15.9 Å². The maximum atomic E-state index is 13.8. The van der Waals surface area contributed by atoms with E-state index in [-0.39, 0.29) is 24.5 Å². The van der Waals surface area contributed by atoms with Crippen LogP contribution in [0.25, 0.3) is 10.8 Å². The quantitative estimate of drug-likeness (QED) is 0.237. The number of aryl methyl sites for hydroxylation is 1. The summed E-state index contributed by atoms with van der Waals surface area (Å²) < 4.78 is 6.84. The molecule has 0 heterocycles. The molecular formula is C32H33BrN2O3. The van der Waals surface area contributed by atoms with Gasteiger partial charge in [0, 0.05) is 19.0 Å². The van der Waals surface area contributed by atoms with E-state index < -0.39 is 6.04 Å². The van der Waals surface area contributed by atoms with Gasteiger partial charge in [-0.05, 0) is 64.7 Å². The molecule has 4 rings (SSSR count). The fraction of sp³-hybridized carbons (Fsp3) is 0.250. The summed E-state index contributed by atoms with van der Waals surface area (Å²) in [5.41, 5.74) is 3.04. The summed E-state index contributed by atoms with van der Waals surface area (Å²) in [4.78, 5) is 28.9. The Morgan fingerprint density at radius 1 is 0.895 bits per heavy atom. The van der Waals surface area contributed by atoms with Gasteiger partial charge in [0.25, 0.3) is 5.91 Å². The number of halogens is 1. The van der Waals surface area contributed by atoms with Crippen LogP contribution in [0.15, 0.2) is 95.5 Å². The molecule has 0 aliphatic rings. The number of hydrogen-bond donors (Lipinski definition) is 1. The topological polar surface area (TPSA) is 58.6 Å². The highest BCUT2D eigenvalue weighted by Crippen LogP contribution is 2.33. The lowest BCUT2D eigenvalue weighted by atomic mass is 10.0. The standard InChI is InChI=1S/C32H33BrN2O3/c1-22(2)34-32(37)28(19-24-11-5-4-6-12-24)35(20-25-13-9-10-23(3)18-25)30(36)21-38-29-17-16-26-14-7-8-15-27(26)31(29)33/h4-18,22,28H,19-21H2,1-3H3,(H,34,37). The number of amides is 2. The van der Waals surface area contributed by atoms with E-state index in [2.05, 4.69) is 21.2 Å². The summed E-state index contributed by atoms with van der Waals surface area (Å²) in [6.45, 7) is 5.97. The summed E-state index contributed by atoms with van der Waals surface area (Å²) in [5, 5.41) is 5.10. The Bertz CT molecular complexity index is 1400. The van der Waals surface area contributed by atoms with Crippen molar-refractivity contribution in [2.75, 3.05) is 6.61 Å². The van der Waals surface area contributed by atoms with Gasteiger partial charge in [-0.1, -0.05) is 90.5 Å². The third-order valence-electron chi connectivity index (χ3n) is 6.32. The molecule has 196 valence electrons. The summed E-state index contributed by atoms with van der Waals surface area (Å²) in [6.07, 6.45) is 0.399. The van der Waals surface area contributed by atoms with Crippen molar-refractivity contribution in [3.8, 4) is 5.75 Å². The van der Waals surface area contributed by atoms with Gasteiger partial charge in [-0.25, -0.2) is 0 Å². The Morgan fingerprint density at radius 3 is 2.34 bits per heavy atom. The van der Waals surface area contributed by atoms with E-state index in [0.717, 1.165) is 31.9 Å². The molecule has 4 aromatic rings. The zero-order valence-corrected chi connectivity index (χ0v) is 23.6. The Morgan fingerprint density at radius 2 is 1.61 bits per heavy atom. The number of hydrogen-bond acceptors (Lipinski definition) is 3. The smallest absolute Gasteiger partial charge is 0.261 e. The molecule has 1 N–H and O–H groups in total. The molecule has 5 nitrogen and oxygen atoms in total. The zero-order chi connectivity index (χ0) is 27.1. The molecule has 4 aromatic carbocycles. The minimum absolute atomic E-state index is 0.0542. The van der Waals surface area contributed by atoms with Crippen LogP contribution in [0.5, 0.6) is 5.75 Å². The lowest BCUT2D eigenvalue weighted by Gasteiger charge is -2.32. The molecule has 0 aliphatic heterocycles. The molecule has 2 amide bonds. The predicted octanol–water partition coefficient (Wildman–Crippen LogP) is 6.45. The number of rotatable bonds is 10. The Hall–Kier alpha value is -3.64. The predicted molar refractivity (Wildman–Crippen MR) is 156 cm³/mol. The van der Waals surface area contributed by atoms with Crippen LogP contribution in [-0.4, -0.2) is 35.4 Å². The van der Waals surface area contributed by atoms with Gasteiger partial charge in [0.15, 0.2) is 6.61 Å². The molecule has 0 spiro atoms. The van der Waals surface area contributed by atoms with E-state index in [9.17, 15) is 9.59 Å². The second-order valence-electron chi connectivity index (χ2n) is 9.77. The second-order valence-corrected chi connectivity index (χ2v) is 10.6. The first kappa shape index (κ1) is 27.4. The van der Waals surface area contributed by atoms with Crippen LogP contribution in [0.1, 0.15) is 30.5 Å². The minimum Gasteiger partial charge on any atom is -0.483 e. The highest BCUT2D eigenvalue weighted by molar-refractivity contribution is 9.10.